The van der Waals surface area contributed by atoms with Gasteiger partial charge in [0.25, 0.3) is 0 Å². The maximum absolute atomic E-state index is 8.63. The number of nitrogens with zero attached hydrogens (tertiary/aromatic N) is 3. The normalized spacial score (nSPS) is 9.44. The molecule has 1 heterocycles. The van der Waals surface area contributed by atoms with E-state index in [1.54, 1.807) is 42.9 Å². The lowest BCUT2D eigenvalue weighted by Crippen LogP contribution is -1.98. The Labute approximate surface area is 93.2 Å². The molecule has 0 amide bonds. The maximum Gasteiger partial charge on any atom is 0.132 e. The first-order chi connectivity index (χ1) is 7.88. The van der Waals surface area contributed by atoms with Crippen LogP contribution in [0.2, 0.25) is 0 Å². The van der Waals surface area contributed by atoms with Crippen molar-refractivity contribution in [2.24, 2.45) is 0 Å². The van der Waals surface area contributed by atoms with Gasteiger partial charge >= 0.3 is 0 Å². The Kier molecular flexibility index (Phi) is 3.10. The molecule has 0 aliphatic heterocycles. The Morgan fingerprint density at radius 3 is 2.62 bits per heavy atom. The third-order valence-corrected chi connectivity index (χ3v) is 1.99. The number of ether oxygens (including phenoxy) is 1. The molecule has 2 aromatic rings. The van der Waals surface area contributed by atoms with Gasteiger partial charge in [-0.2, -0.15) is 5.26 Å². The summed E-state index contributed by atoms with van der Waals surface area (Å²) < 4.78 is 5.48. The summed E-state index contributed by atoms with van der Waals surface area (Å²) in [7, 11) is 0. The standard InChI is InChI=1S/C12H9N3O/c13-7-10-1-3-12(4-2-10)16-9-11-8-14-5-6-15-11/h1-6,8H,9H2. The van der Waals surface area contributed by atoms with Crippen molar-refractivity contribution >= 4 is 0 Å². The lowest BCUT2D eigenvalue weighted by atomic mass is 10.2. The van der Waals surface area contributed by atoms with Gasteiger partial charge in [-0.15, -0.1) is 0 Å². The van der Waals surface area contributed by atoms with Gasteiger partial charge in [-0.25, -0.2) is 0 Å². The van der Waals surface area contributed by atoms with Crippen LogP contribution >= 0.6 is 0 Å². The molecule has 0 aliphatic carbocycles. The van der Waals surface area contributed by atoms with Crippen molar-refractivity contribution in [3.8, 4) is 11.8 Å². The molecule has 1 aromatic carbocycles. The van der Waals surface area contributed by atoms with Gasteiger partial charge in [-0.3, -0.25) is 9.97 Å². The number of hydrogen-bond acceptors (Lipinski definition) is 4. The number of hydrogen-bond donors (Lipinski definition) is 0. The predicted octanol–water partition coefficient (Wildman–Crippen LogP) is 1.93. The monoisotopic (exact) mass is 211 g/mol. The zero-order valence-corrected chi connectivity index (χ0v) is 8.50. The fourth-order valence-corrected chi connectivity index (χ4v) is 1.19. The third-order valence-electron chi connectivity index (χ3n) is 1.99. The van der Waals surface area contributed by atoms with Crippen molar-refractivity contribution in [1.29, 1.82) is 5.26 Å². The first kappa shape index (κ1) is 10.1. The number of nitriles is 1. The first-order valence-corrected chi connectivity index (χ1v) is 4.76. The minimum Gasteiger partial charge on any atom is -0.487 e. The van der Waals surface area contributed by atoms with E-state index in [1.165, 1.54) is 0 Å². The van der Waals surface area contributed by atoms with E-state index in [9.17, 15) is 0 Å². The molecule has 16 heavy (non-hydrogen) atoms. The van der Waals surface area contributed by atoms with Crippen molar-refractivity contribution in [2.45, 2.75) is 6.61 Å². The van der Waals surface area contributed by atoms with Crippen LogP contribution in [0, 0.1) is 11.3 Å². The van der Waals surface area contributed by atoms with Gasteiger partial charge in [0.2, 0.25) is 0 Å². The molecule has 0 bridgehead atoms. The second kappa shape index (κ2) is 4.89. The summed E-state index contributed by atoms with van der Waals surface area (Å²) in [6.45, 7) is 0.375. The fourth-order valence-electron chi connectivity index (χ4n) is 1.19. The van der Waals surface area contributed by atoms with Gasteiger partial charge in [0.15, 0.2) is 0 Å². The van der Waals surface area contributed by atoms with Gasteiger partial charge in [0.1, 0.15) is 12.4 Å². The van der Waals surface area contributed by atoms with Crippen molar-refractivity contribution < 1.29 is 4.74 Å². The van der Waals surface area contributed by atoms with E-state index in [0.717, 1.165) is 5.69 Å². The van der Waals surface area contributed by atoms with Crippen LogP contribution in [0.4, 0.5) is 0 Å². The molecule has 0 radical (unpaired) electrons. The smallest absolute Gasteiger partial charge is 0.132 e. The largest absolute Gasteiger partial charge is 0.487 e. The lowest BCUT2D eigenvalue weighted by Gasteiger charge is -2.04. The third kappa shape index (κ3) is 2.55. The summed E-state index contributed by atoms with van der Waals surface area (Å²) in [6.07, 6.45) is 4.90. The average Bonchev–Trinajstić information content (AvgIpc) is 2.38. The molecule has 0 aliphatic rings. The van der Waals surface area contributed by atoms with Gasteiger partial charge < -0.3 is 4.74 Å². The highest BCUT2D eigenvalue weighted by atomic mass is 16.5. The molecular weight excluding hydrogens is 202 g/mol. The number of aromatic nitrogens is 2. The first-order valence-electron chi connectivity index (χ1n) is 4.76. The van der Waals surface area contributed by atoms with Gasteiger partial charge in [-0.05, 0) is 24.3 Å². The molecule has 4 heteroatoms. The van der Waals surface area contributed by atoms with E-state index < -0.39 is 0 Å². The van der Waals surface area contributed by atoms with Crippen molar-refractivity contribution in [2.75, 3.05) is 0 Å². The molecule has 0 N–H and O–H groups in total. The average molecular weight is 211 g/mol. The number of rotatable bonds is 3. The molecule has 0 fully saturated rings. The van der Waals surface area contributed by atoms with E-state index >= 15 is 0 Å². The SMILES string of the molecule is N#Cc1ccc(OCc2cnccn2)cc1. The van der Waals surface area contributed by atoms with Crippen LogP contribution in [0.15, 0.2) is 42.9 Å². The second-order valence-corrected chi connectivity index (χ2v) is 3.12. The molecule has 0 spiro atoms. The lowest BCUT2D eigenvalue weighted by molar-refractivity contribution is 0.300. The van der Waals surface area contributed by atoms with Gasteiger partial charge in [-0.1, -0.05) is 0 Å². The van der Waals surface area contributed by atoms with Crippen molar-refractivity contribution in [1.82, 2.24) is 9.97 Å². The Morgan fingerprint density at radius 2 is 2.00 bits per heavy atom. The molecule has 2 rings (SSSR count). The minimum atomic E-state index is 0.375. The number of benzene rings is 1. The van der Waals surface area contributed by atoms with Crippen LogP contribution in [-0.4, -0.2) is 9.97 Å². The van der Waals surface area contributed by atoms with Crippen molar-refractivity contribution in [3.63, 3.8) is 0 Å². The van der Waals surface area contributed by atoms with E-state index in [0.29, 0.717) is 17.9 Å². The summed E-state index contributed by atoms with van der Waals surface area (Å²) in [6, 6.07) is 9.00. The predicted molar refractivity (Wildman–Crippen MR) is 57.5 cm³/mol. The van der Waals surface area contributed by atoms with Crippen LogP contribution in [0.25, 0.3) is 0 Å². The molecule has 1 aromatic heterocycles. The highest BCUT2D eigenvalue weighted by Crippen LogP contribution is 2.12. The van der Waals surface area contributed by atoms with Crippen LogP contribution in [0.1, 0.15) is 11.3 Å². The summed E-state index contributed by atoms with van der Waals surface area (Å²) in [5.74, 6) is 0.713. The van der Waals surface area contributed by atoms with Crippen LogP contribution in [0.5, 0.6) is 5.75 Å². The van der Waals surface area contributed by atoms with Gasteiger partial charge in [0.05, 0.1) is 23.5 Å². The van der Waals surface area contributed by atoms with Crippen LogP contribution in [-0.2, 0) is 6.61 Å². The van der Waals surface area contributed by atoms with E-state index in [2.05, 4.69) is 16.0 Å². The summed E-state index contributed by atoms with van der Waals surface area (Å²) in [5, 5.41) is 8.63. The molecule has 0 saturated heterocycles. The van der Waals surface area contributed by atoms with E-state index in [-0.39, 0.29) is 0 Å². The zero-order valence-electron chi connectivity index (χ0n) is 8.50. The Hall–Kier alpha value is -2.41. The Balaban J connectivity index is 1.98. The van der Waals surface area contributed by atoms with Gasteiger partial charge in [0, 0.05) is 12.4 Å². The second-order valence-electron chi connectivity index (χ2n) is 3.12. The molecular formula is C12H9N3O. The molecule has 0 unspecified atom stereocenters. The molecule has 78 valence electrons. The van der Waals surface area contributed by atoms with Crippen LogP contribution in [0.3, 0.4) is 0 Å². The van der Waals surface area contributed by atoms with Crippen LogP contribution < -0.4 is 4.74 Å². The fraction of sp³-hybridized carbons (Fsp3) is 0.0833. The topological polar surface area (TPSA) is 58.8 Å². The highest BCUT2D eigenvalue weighted by molar-refractivity contribution is 5.34. The van der Waals surface area contributed by atoms with E-state index in [4.69, 9.17) is 10.00 Å². The van der Waals surface area contributed by atoms with E-state index in [1.807, 2.05) is 0 Å². The Morgan fingerprint density at radius 1 is 1.19 bits per heavy atom. The molecule has 0 atom stereocenters. The minimum absolute atomic E-state index is 0.375. The zero-order chi connectivity index (χ0) is 11.2. The summed E-state index contributed by atoms with van der Waals surface area (Å²) in [4.78, 5) is 8.03. The highest BCUT2D eigenvalue weighted by Gasteiger charge is 1.97. The molecule has 4 nitrogen and oxygen atoms in total. The molecule has 0 saturated carbocycles. The maximum atomic E-state index is 8.63. The van der Waals surface area contributed by atoms with Crippen molar-refractivity contribution in [3.05, 3.63) is 54.1 Å². The summed E-state index contributed by atoms with van der Waals surface area (Å²) in [5.41, 5.74) is 1.39. The Bertz CT molecular complexity index is 488. The quantitative estimate of drug-likeness (QED) is 0.778. The summed E-state index contributed by atoms with van der Waals surface area (Å²) >= 11 is 0.